The van der Waals surface area contributed by atoms with Gasteiger partial charge in [-0.2, -0.15) is 13.2 Å². The van der Waals surface area contributed by atoms with Crippen molar-refractivity contribution in [2.45, 2.75) is 70.0 Å². The Balaban J connectivity index is 1.56. The van der Waals surface area contributed by atoms with E-state index in [1.54, 1.807) is 6.07 Å². The Morgan fingerprint density at radius 2 is 1.75 bits per heavy atom. The molecule has 5 nitrogen and oxygen atoms in total. The average Bonchev–Trinajstić information content (AvgIpc) is 2.90. The van der Waals surface area contributed by atoms with E-state index in [4.69, 9.17) is 0 Å². The molecule has 0 bridgehead atoms. The first kappa shape index (κ1) is 27.8. The molecule has 3 aromatic heterocycles. The Morgan fingerprint density at radius 3 is 2.42 bits per heavy atom. The number of alkyl halides is 5. The van der Waals surface area contributed by atoms with Gasteiger partial charge in [-0.05, 0) is 79.8 Å². The zero-order valence-electron chi connectivity index (χ0n) is 21.6. The Bertz CT molecular complexity index is 1570. The molecule has 3 heterocycles. The number of aryl methyl sites for hydroxylation is 1. The molecule has 0 N–H and O–H groups in total. The highest BCUT2D eigenvalue weighted by molar-refractivity contribution is 5.71. The van der Waals surface area contributed by atoms with Gasteiger partial charge in [0.25, 0.3) is 5.56 Å². The van der Waals surface area contributed by atoms with Crippen LogP contribution in [0.2, 0.25) is 0 Å². The Labute approximate surface area is 225 Å². The summed E-state index contributed by atoms with van der Waals surface area (Å²) in [6.45, 7) is 1.33. The van der Waals surface area contributed by atoms with E-state index >= 15 is 0 Å². The summed E-state index contributed by atoms with van der Waals surface area (Å²) in [5.41, 5.74) is 0.0910. The minimum atomic E-state index is -4.69. The lowest BCUT2D eigenvalue weighted by atomic mass is 9.75. The SMILES string of the molecule is Cc1cccc(F)c1[C@H]1CC[C@H](c2cc3nc(CC(F)F)cnc3n(Cc3ncccc3C(F)(F)F)c2=O)CC1. The molecule has 0 radical (unpaired) electrons. The number of fused-ring (bicyclic) bond motifs is 1. The summed E-state index contributed by atoms with van der Waals surface area (Å²) in [7, 11) is 0. The number of halogens is 6. The number of pyridine rings is 2. The number of aromatic nitrogens is 4. The van der Waals surface area contributed by atoms with Crippen LogP contribution in [0.3, 0.4) is 0 Å². The van der Waals surface area contributed by atoms with E-state index in [1.807, 2.05) is 13.0 Å². The molecule has 5 rings (SSSR count). The van der Waals surface area contributed by atoms with E-state index in [1.165, 1.54) is 18.3 Å². The third kappa shape index (κ3) is 5.59. The molecule has 0 saturated heterocycles. The van der Waals surface area contributed by atoms with E-state index in [0.717, 1.165) is 28.5 Å². The van der Waals surface area contributed by atoms with E-state index in [9.17, 15) is 31.1 Å². The van der Waals surface area contributed by atoms with Crippen LogP contribution in [0.25, 0.3) is 11.2 Å². The topological polar surface area (TPSA) is 60.7 Å². The summed E-state index contributed by atoms with van der Waals surface area (Å²) >= 11 is 0. The van der Waals surface area contributed by atoms with E-state index in [2.05, 4.69) is 15.0 Å². The van der Waals surface area contributed by atoms with Gasteiger partial charge in [0.2, 0.25) is 6.43 Å². The minimum absolute atomic E-state index is 0.00574. The zero-order valence-corrected chi connectivity index (χ0v) is 21.6. The highest BCUT2D eigenvalue weighted by atomic mass is 19.4. The van der Waals surface area contributed by atoms with Crippen molar-refractivity contribution in [2.24, 2.45) is 0 Å². The van der Waals surface area contributed by atoms with E-state index in [0.29, 0.717) is 36.8 Å². The van der Waals surface area contributed by atoms with Crippen LogP contribution < -0.4 is 5.56 Å². The Kier molecular flexibility index (Phi) is 7.65. The largest absolute Gasteiger partial charge is 0.418 e. The second-order valence-electron chi connectivity index (χ2n) is 10.2. The van der Waals surface area contributed by atoms with Crippen LogP contribution in [0, 0.1) is 12.7 Å². The van der Waals surface area contributed by atoms with Gasteiger partial charge in [0.05, 0.1) is 36.1 Å². The van der Waals surface area contributed by atoms with E-state index < -0.39 is 36.7 Å². The molecule has 1 aliphatic carbocycles. The van der Waals surface area contributed by atoms with Gasteiger partial charge in [0, 0.05) is 11.8 Å². The van der Waals surface area contributed by atoms with Gasteiger partial charge < -0.3 is 0 Å². The predicted molar refractivity (Wildman–Crippen MR) is 137 cm³/mol. The van der Waals surface area contributed by atoms with Crippen molar-refractivity contribution in [3.8, 4) is 0 Å². The van der Waals surface area contributed by atoms with Crippen LogP contribution in [-0.4, -0.2) is 25.9 Å². The summed E-state index contributed by atoms with van der Waals surface area (Å²) in [6, 6.07) is 8.51. The Morgan fingerprint density at radius 1 is 1.02 bits per heavy atom. The maximum absolute atomic E-state index is 14.6. The van der Waals surface area contributed by atoms with Gasteiger partial charge in [0.15, 0.2) is 5.65 Å². The quantitative estimate of drug-likeness (QED) is 0.240. The van der Waals surface area contributed by atoms with Gasteiger partial charge in [0.1, 0.15) is 11.3 Å². The lowest BCUT2D eigenvalue weighted by molar-refractivity contribution is -0.138. The second kappa shape index (κ2) is 11.0. The van der Waals surface area contributed by atoms with Crippen molar-refractivity contribution < 1.29 is 26.3 Å². The van der Waals surface area contributed by atoms with Crippen LogP contribution in [0.4, 0.5) is 26.3 Å². The molecule has 0 atom stereocenters. The summed E-state index contributed by atoms with van der Waals surface area (Å²) in [4.78, 5) is 26.1. The Hall–Kier alpha value is -3.76. The number of hydrogen-bond donors (Lipinski definition) is 0. The summed E-state index contributed by atoms with van der Waals surface area (Å²) in [5.74, 6) is -0.563. The average molecular weight is 561 g/mol. The van der Waals surface area contributed by atoms with Gasteiger partial charge in [-0.25, -0.2) is 23.1 Å². The number of rotatable bonds is 6. The van der Waals surface area contributed by atoms with Crippen LogP contribution in [0.1, 0.15) is 71.2 Å². The van der Waals surface area contributed by atoms with Crippen LogP contribution in [0.15, 0.2) is 53.6 Å². The molecular weight excluding hydrogens is 534 g/mol. The lowest BCUT2D eigenvalue weighted by Crippen LogP contribution is -2.29. The van der Waals surface area contributed by atoms with Gasteiger partial charge >= 0.3 is 6.18 Å². The van der Waals surface area contributed by atoms with Crippen LogP contribution in [-0.2, 0) is 19.1 Å². The molecule has 1 saturated carbocycles. The first-order valence-electron chi connectivity index (χ1n) is 13.0. The van der Waals surface area contributed by atoms with E-state index in [-0.39, 0.29) is 40.2 Å². The van der Waals surface area contributed by atoms with Gasteiger partial charge in [-0.3, -0.25) is 14.3 Å². The standard InChI is InChI=1S/C29H26F6N4O/c1-16-4-2-6-22(30)26(16)18-9-7-17(8-10-18)20-13-23-27(37-14-19(38-23)12-25(31)32)39(28(20)40)15-24-21(29(33,34)35)5-3-11-36-24/h2-6,11,13-14,17-18,25H,7-10,12,15H2,1H3/t17-,18-. The fraction of sp³-hybridized carbons (Fsp3) is 0.379. The molecule has 11 heteroatoms. The van der Waals surface area contributed by atoms with Crippen molar-refractivity contribution in [1.29, 1.82) is 0 Å². The second-order valence-corrected chi connectivity index (χ2v) is 10.2. The summed E-state index contributed by atoms with van der Waals surface area (Å²) < 4.78 is 82.8. The fourth-order valence-corrected chi connectivity index (χ4v) is 5.72. The zero-order chi connectivity index (χ0) is 28.6. The highest BCUT2D eigenvalue weighted by Crippen LogP contribution is 2.42. The smallest absolute Gasteiger partial charge is 0.285 e. The minimum Gasteiger partial charge on any atom is -0.285 e. The van der Waals surface area contributed by atoms with Crippen LogP contribution in [0.5, 0.6) is 0 Å². The van der Waals surface area contributed by atoms with Crippen molar-refractivity contribution in [2.75, 3.05) is 0 Å². The number of hydrogen-bond acceptors (Lipinski definition) is 4. The molecule has 1 aliphatic rings. The normalized spacial score (nSPS) is 18.0. The van der Waals surface area contributed by atoms with Crippen LogP contribution >= 0.6 is 0 Å². The van der Waals surface area contributed by atoms with Crippen molar-refractivity contribution in [3.63, 3.8) is 0 Å². The highest BCUT2D eigenvalue weighted by Gasteiger charge is 2.34. The molecule has 40 heavy (non-hydrogen) atoms. The third-order valence-electron chi connectivity index (χ3n) is 7.58. The molecule has 0 unspecified atom stereocenters. The van der Waals surface area contributed by atoms with Crippen molar-refractivity contribution in [3.05, 3.63) is 98.6 Å². The van der Waals surface area contributed by atoms with Gasteiger partial charge in [-0.15, -0.1) is 0 Å². The molecule has 0 amide bonds. The molecule has 210 valence electrons. The summed E-state index contributed by atoms with van der Waals surface area (Å²) in [5, 5.41) is 0. The number of nitrogens with zero attached hydrogens (tertiary/aromatic N) is 4. The first-order valence-corrected chi connectivity index (χ1v) is 13.0. The maximum Gasteiger partial charge on any atom is 0.418 e. The van der Waals surface area contributed by atoms with Crippen molar-refractivity contribution >= 4 is 11.2 Å². The van der Waals surface area contributed by atoms with Gasteiger partial charge in [-0.1, -0.05) is 12.1 Å². The maximum atomic E-state index is 14.6. The predicted octanol–water partition coefficient (Wildman–Crippen LogP) is 6.95. The van der Waals surface area contributed by atoms with Crippen molar-refractivity contribution in [1.82, 2.24) is 19.5 Å². The molecular formula is C29H26F6N4O. The lowest BCUT2D eigenvalue weighted by Gasteiger charge is -2.30. The molecule has 1 aromatic carbocycles. The molecule has 4 aromatic rings. The molecule has 0 aliphatic heterocycles. The summed E-state index contributed by atoms with van der Waals surface area (Å²) in [6.07, 6.45) is -3.39. The fourth-order valence-electron chi connectivity index (χ4n) is 5.72. The third-order valence-corrected chi connectivity index (χ3v) is 7.58. The first-order chi connectivity index (χ1) is 19.0. The molecule has 0 spiro atoms. The molecule has 1 fully saturated rings. The number of benzene rings is 1. The monoisotopic (exact) mass is 560 g/mol.